The Kier molecular flexibility index (Phi) is 4.37. The Bertz CT molecular complexity index is 665. The molecular weight excluding hydrogens is 349 g/mol. The maximum absolute atomic E-state index is 12.5. The van der Waals surface area contributed by atoms with E-state index < -0.39 is 0 Å². The van der Waals surface area contributed by atoms with Gasteiger partial charge in [0.25, 0.3) is 0 Å². The molecule has 1 amide bonds. The monoisotopic (exact) mass is 369 g/mol. The largest absolute Gasteiger partial charge is 0.508 e. The second kappa shape index (κ2) is 6.37. The molecule has 3 heterocycles. The lowest BCUT2D eigenvalue weighted by Gasteiger charge is -2.40. The first kappa shape index (κ1) is 16.5. The third-order valence-electron chi connectivity index (χ3n) is 5.46. The number of fused-ring (bicyclic) bond motifs is 1. The Balaban J connectivity index is 1.51. The normalized spacial score (nSPS) is 28.1. The smallest absolute Gasteiger partial charge is 0.237 e. The van der Waals surface area contributed by atoms with E-state index in [1.165, 1.54) is 0 Å². The summed E-state index contributed by atoms with van der Waals surface area (Å²) in [4.78, 5) is 16.8. The van der Waals surface area contributed by atoms with Crippen molar-refractivity contribution in [3.63, 3.8) is 0 Å². The molecule has 5 nitrogen and oxygen atoms in total. The first-order chi connectivity index (χ1) is 11.5. The number of rotatable bonds is 3. The lowest BCUT2D eigenvalue weighted by atomic mass is 9.95. The van der Waals surface area contributed by atoms with E-state index >= 15 is 0 Å². The minimum absolute atomic E-state index is 0.0375. The average molecular weight is 370 g/mol. The molecule has 1 aromatic carbocycles. The summed E-state index contributed by atoms with van der Waals surface area (Å²) in [5.74, 6) is 1.04. The van der Waals surface area contributed by atoms with E-state index in [-0.39, 0.29) is 23.6 Å². The number of phenolic OH excluding ortho intramolecular Hbond substituents is 1. The van der Waals surface area contributed by atoms with Gasteiger partial charge in [-0.1, -0.05) is 23.2 Å². The molecule has 3 saturated heterocycles. The Morgan fingerprint density at radius 2 is 2.04 bits per heavy atom. The van der Waals surface area contributed by atoms with E-state index in [1.54, 1.807) is 12.1 Å². The van der Waals surface area contributed by atoms with Crippen LogP contribution in [0.3, 0.4) is 0 Å². The number of aromatic hydroxyl groups is 1. The molecule has 2 unspecified atom stereocenters. The van der Waals surface area contributed by atoms with Crippen LogP contribution in [0.4, 0.5) is 0 Å². The average Bonchev–Trinajstić information content (AvgIpc) is 2.91. The molecule has 3 aliphatic heterocycles. The molecule has 3 fully saturated rings. The second-order valence-corrected chi connectivity index (χ2v) is 7.93. The van der Waals surface area contributed by atoms with E-state index in [2.05, 4.69) is 10.2 Å². The van der Waals surface area contributed by atoms with Crippen molar-refractivity contribution < 1.29 is 9.90 Å². The van der Waals surface area contributed by atoms with Crippen LogP contribution in [0.5, 0.6) is 5.75 Å². The van der Waals surface area contributed by atoms with Crippen molar-refractivity contribution in [2.24, 2.45) is 5.92 Å². The number of halogens is 2. The quantitative estimate of drug-likeness (QED) is 0.854. The predicted molar refractivity (Wildman–Crippen MR) is 93.8 cm³/mol. The highest BCUT2D eigenvalue weighted by molar-refractivity contribution is 6.42. The van der Waals surface area contributed by atoms with Gasteiger partial charge >= 0.3 is 0 Å². The number of nitrogens with one attached hydrogen (secondary N) is 1. The summed E-state index contributed by atoms with van der Waals surface area (Å²) in [7, 11) is 0. The summed E-state index contributed by atoms with van der Waals surface area (Å²) < 4.78 is 0. The number of benzene rings is 1. The molecule has 2 atom stereocenters. The highest BCUT2D eigenvalue weighted by Crippen LogP contribution is 2.43. The highest BCUT2D eigenvalue weighted by atomic mass is 35.5. The van der Waals surface area contributed by atoms with Crippen LogP contribution in [0.2, 0.25) is 10.0 Å². The third kappa shape index (κ3) is 2.88. The molecule has 130 valence electrons. The number of carbonyl (C=O) groups excluding carboxylic acids is 1. The lowest BCUT2D eigenvalue weighted by molar-refractivity contribution is -0.138. The number of hydrogen-bond acceptors (Lipinski definition) is 4. The molecule has 0 bridgehead atoms. The maximum Gasteiger partial charge on any atom is 0.237 e. The number of nitrogens with zero attached hydrogens (tertiary/aromatic N) is 2. The van der Waals surface area contributed by atoms with Crippen LogP contribution in [0.25, 0.3) is 0 Å². The van der Waals surface area contributed by atoms with Gasteiger partial charge in [0.05, 0.1) is 16.6 Å². The molecule has 7 heteroatoms. The zero-order valence-corrected chi connectivity index (χ0v) is 14.9. The Labute approximate surface area is 151 Å². The topological polar surface area (TPSA) is 55.8 Å². The molecule has 1 aromatic rings. The van der Waals surface area contributed by atoms with Gasteiger partial charge in [-0.05, 0) is 24.5 Å². The van der Waals surface area contributed by atoms with Gasteiger partial charge in [0, 0.05) is 50.2 Å². The van der Waals surface area contributed by atoms with Crippen LogP contribution >= 0.6 is 23.2 Å². The third-order valence-corrected chi connectivity index (χ3v) is 6.28. The Morgan fingerprint density at radius 3 is 2.75 bits per heavy atom. The van der Waals surface area contributed by atoms with Crippen LogP contribution in [-0.4, -0.2) is 66.1 Å². The number of phenols is 1. The van der Waals surface area contributed by atoms with Crippen molar-refractivity contribution in [1.29, 1.82) is 0 Å². The van der Waals surface area contributed by atoms with Gasteiger partial charge < -0.3 is 15.3 Å². The van der Waals surface area contributed by atoms with Crippen molar-refractivity contribution in [1.82, 2.24) is 15.1 Å². The molecule has 0 aromatic heterocycles. The fraction of sp³-hybridized carbons (Fsp3) is 0.588. The van der Waals surface area contributed by atoms with Gasteiger partial charge in [-0.3, -0.25) is 9.69 Å². The van der Waals surface area contributed by atoms with Gasteiger partial charge in [0.2, 0.25) is 5.91 Å². The van der Waals surface area contributed by atoms with Crippen molar-refractivity contribution in [3.8, 4) is 5.75 Å². The molecule has 0 spiro atoms. The molecule has 24 heavy (non-hydrogen) atoms. The fourth-order valence-corrected chi connectivity index (χ4v) is 4.65. The summed E-state index contributed by atoms with van der Waals surface area (Å²) in [6.45, 7) is 5.08. The van der Waals surface area contributed by atoms with E-state index in [1.807, 2.05) is 4.90 Å². The molecule has 0 aliphatic carbocycles. The van der Waals surface area contributed by atoms with Crippen LogP contribution < -0.4 is 5.32 Å². The zero-order chi connectivity index (χ0) is 16.8. The second-order valence-electron chi connectivity index (χ2n) is 7.15. The van der Waals surface area contributed by atoms with E-state index in [9.17, 15) is 9.90 Å². The standard InChI is InChI=1S/C17H21Cl2N3O2/c18-13-1-2-14(23)16(17(13)19)11-3-12-8-21(6-10-4-20-5-10)9-15(24)22(12)7-11/h1-2,10-12,20,23H,3-9H2. The molecule has 4 rings (SSSR count). The van der Waals surface area contributed by atoms with E-state index in [0.29, 0.717) is 34.6 Å². The fourth-order valence-electron chi connectivity index (χ4n) is 4.18. The van der Waals surface area contributed by atoms with Gasteiger partial charge in [-0.25, -0.2) is 0 Å². The molecule has 2 N–H and O–H groups in total. The SMILES string of the molecule is O=C1CN(CC2CNC2)CC2CC(c3c(O)ccc(Cl)c3Cl)CN12. The number of hydrogen-bond donors (Lipinski definition) is 2. The molecular formula is C17H21Cl2N3O2. The first-order valence-corrected chi connectivity index (χ1v) is 9.18. The van der Waals surface area contributed by atoms with Gasteiger partial charge in [0.15, 0.2) is 0 Å². The minimum atomic E-state index is 0.0375. The number of piperazine rings is 1. The number of amides is 1. The maximum atomic E-state index is 12.5. The Hall–Kier alpha value is -1.01. The summed E-state index contributed by atoms with van der Waals surface area (Å²) in [5.41, 5.74) is 0.682. The first-order valence-electron chi connectivity index (χ1n) is 8.42. The minimum Gasteiger partial charge on any atom is -0.508 e. The van der Waals surface area contributed by atoms with Crippen molar-refractivity contribution in [2.45, 2.75) is 18.4 Å². The van der Waals surface area contributed by atoms with E-state index in [4.69, 9.17) is 23.2 Å². The summed E-state index contributed by atoms with van der Waals surface area (Å²) in [5, 5.41) is 14.4. The summed E-state index contributed by atoms with van der Waals surface area (Å²) in [6, 6.07) is 3.38. The molecule has 0 radical (unpaired) electrons. The van der Waals surface area contributed by atoms with Gasteiger partial charge in [0.1, 0.15) is 5.75 Å². The van der Waals surface area contributed by atoms with Crippen LogP contribution in [-0.2, 0) is 4.79 Å². The van der Waals surface area contributed by atoms with Gasteiger partial charge in [-0.2, -0.15) is 0 Å². The van der Waals surface area contributed by atoms with Crippen LogP contribution in [0, 0.1) is 5.92 Å². The van der Waals surface area contributed by atoms with Gasteiger partial charge in [-0.15, -0.1) is 0 Å². The molecule has 0 saturated carbocycles. The number of carbonyl (C=O) groups is 1. The summed E-state index contributed by atoms with van der Waals surface area (Å²) >= 11 is 12.4. The summed E-state index contributed by atoms with van der Waals surface area (Å²) in [6.07, 6.45) is 0.818. The van der Waals surface area contributed by atoms with Crippen molar-refractivity contribution in [2.75, 3.05) is 39.3 Å². The van der Waals surface area contributed by atoms with E-state index in [0.717, 1.165) is 32.6 Å². The van der Waals surface area contributed by atoms with Crippen LogP contribution in [0.15, 0.2) is 12.1 Å². The predicted octanol–water partition coefficient (Wildman–Crippen LogP) is 1.92. The Morgan fingerprint density at radius 1 is 1.25 bits per heavy atom. The lowest BCUT2D eigenvalue weighted by Crippen LogP contribution is -2.57. The van der Waals surface area contributed by atoms with Crippen molar-refractivity contribution in [3.05, 3.63) is 27.7 Å². The zero-order valence-electron chi connectivity index (χ0n) is 13.3. The molecule has 3 aliphatic rings. The highest BCUT2D eigenvalue weighted by Gasteiger charge is 2.42. The van der Waals surface area contributed by atoms with Crippen molar-refractivity contribution >= 4 is 29.1 Å². The van der Waals surface area contributed by atoms with Crippen LogP contribution in [0.1, 0.15) is 17.9 Å².